The second-order valence-corrected chi connectivity index (χ2v) is 16.0. The first-order valence-electron chi connectivity index (χ1n) is 12.5. The Morgan fingerprint density at radius 2 is 0.732 bits per heavy atom. The SMILES string of the molecule is O=S(=O)(O)OCC(COS(=O)(=O)O)(CP(c1ccccc1)c1ccccc1)CP(c1ccccc1)c1ccccc1. The fourth-order valence-electron chi connectivity index (χ4n) is 4.44. The van der Waals surface area contributed by atoms with Crippen molar-refractivity contribution >= 4 is 57.9 Å². The van der Waals surface area contributed by atoms with Crippen LogP contribution in [-0.2, 0) is 29.2 Å². The van der Waals surface area contributed by atoms with Gasteiger partial charge >= 0.3 is 20.8 Å². The lowest BCUT2D eigenvalue weighted by Crippen LogP contribution is -2.43. The van der Waals surface area contributed by atoms with Gasteiger partial charge in [0, 0.05) is 5.41 Å². The topological polar surface area (TPSA) is 127 Å². The molecule has 0 atom stereocenters. The van der Waals surface area contributed by atoms with Crippen LogP contribution in [0.4, 0.5) is 0 Å². The molecular formula is C29H30O8P2S2. The van der Waals surface area contributed by atoms with E-state index in [9.17, 15) is 25.9 Å². The van der Waals surface area contributed by atoms with Gasteiger partial charge in [0.1, 0.15) is 0 Å². The molecule has 8 nitrogen and oxygen atoms in total. The first kappa shape index (κ1) is 31.4. The molecule has 0 heterocycles. The summed E-state index contributed by atoms with van der Waals surface area (Å²) >= 11 is 0. The van der Waals surface area contributed by atoms with Crippen molar-refractivity contribution in [2.75, 3.05) is 25.5 Å². The highest BCUT2D eigenvalue weighted by Gasteiger charge is 2.40. The Morgan fingerprint density at radius 1 is 0.488 bits per heavy atom. The molecule has 0 amide bonds. The molecule has 0 saturated heterocycles. The van der Waals surface area contributed by atoms with Gasteiger partial charge in [0.2, 0.25) is 0 Å². The van der Waals surface area contributed by atoms with Crippen LogP contribution in [-0.4, -0.2) is 51.5 Å². The number of hydrogen-bond acceptors (Lipinski definition) is 6. The predicted molar refractivity (Wildman–Crippen MR) is 165 cm³/mol. The summed E-state index contributed by atoms with van der Waals surface area (Å²) in [5.74, 6) is 0. The van der Waals surface area contributed by atoms with Crippen molar-refractivity contribution in [2.24, 2.45) is 5.41 Å². The van der Waals surface area contributed by atoms with Crippen LogP contribution in [0.2, 0.25) is 0 Å². The summed E-state index contributed by atoms with van der Waals surface area (Å²) in [4.78, 5) is 0. The molecule has 0 aliphatic heterocycles. The molecule has 12 heteroatoms. The molecule has 0 aromatic heterocycles. The molecule has 0 aliphatic carbocycles. The Hall–Kier alpha value is -2.52. The van der Waals surface area contributed by atoms with Crippen molar-refractivity contribution in [3.8, 4) is 0 Å². The summed E-state index contributed by atoms with van der Waals surface area (Å²) < 4.78 is 76.7. The second-order valence-electron chi connectivity index (χ2n) is 9.39. The van der Waals surface area contributed by atoms with Gasteiger partial charge in [-0.05, 0) is 49.4 Å². The summed E-state index contributed by atoms with van der Waals surface area (Å²) in [7, 11) is -12.2. The van der Waals surface area contributed by atoms with Crippen molar-refractivity contribution in [2.45, 2.75) is 0 Å². The van der Waals surface area contributed by atoms with Gasteiger partial charge in [-0.3, -0.25) is 9.11 Å². The third-order valence-electron chi connectivity index (χ3n) is 6.29. The zero-order valence-electron chi connectivity index (χ0n) is 21.9. The molecule has 0 saturated carbocycles. The highest BCUT2D eigenvalue weighted by molar-refractivity contribution is 7.81. The van der Waals surface area contributed by atoms with E-state index in [1.807, 2.05) is 121 Å². The molecule has 0 fully saturated rings. The molecule has 0 unspecified atom stereocenters. The molecule has 4 rings (SSSR count). The van der Waals surface area contributed by atoms with Gasteiger partial charge in [-0.25, -0.2) is 8.37 Å². The minimum atomic E-state index is -4.89. The smallest absolute Gasteiger partial charge is 0.264 e. The normalized spacial score (nSPS) is 12.6. The molecular weight excluding hydrogens is 602 g/mol. The molecule has 4 aromatic carbocycles. The van der Waals surface area contributed by atoms with Crippen LogP contribution in [0, 0.1) is 5.41 Å². The fourth-order valence-corrected chi connectivity index (χ4v) is 10.8. The number of rotatable bonds is 14. The molecule has 216 valence electrons. The quantitative estimate of drug-likeness (QED) is 0.159. The van der Waals surface area contributed by atoms with Crippen molar-refractivity contribution < 1.29 is 34.3 Å². The van der Waals surface area contributed by atoms with Gasteiger partial charge in [0.15, 0.2) is 0 Å². The van der Waals surface area contributed by atoms with E-state index in [2.05, 4.69) is 0 Å². The van der Waals surface area contributed by atoms with E-state index < -0.39 is 55.3 Å². The van der Waals surface area contributed by atoms with Gasteiger partial charge in [0.25, 0.3) is 0 Å². The lowest BCUT2D eigenvalue weighted by atomic mass is 9.96. The Labute approximate surface area is 243 Å². The Morgan fingerprint density at radius 3 is 0.951 bits per heavy atom. The monoisotopic (exact) mass is 632 g/mol. The first-order chi connectivity index (χ1) is 19.5. The highest BCUT2D eigenvalue weighted by atomic mass is 32.3. The van der Waals surface area contributed by atoms with Gasteiger partial charge < -0.3 is 0 Å². The van der Waals surface area contributed by atoms with Gasteiger partial charge in [0.05, 0.1) is 13.2 Å². The zero-order valence-corrected chi connectivity index (χ0v) is 25.4. The molecule has 41 heavy (non-hydrogen) atoms. The summed E-state index contributed by atoms with van der Waals surface area (Å²) in [6, 6.07) is 38.5. The number of hydrogen-bond donors (Lipinski definition) is 2. The summed E-state index contributed by atoms with van der Waals surface area (Å²) in [6.45, 7) is -1.14. The molecule has 0 radical (unpaired) electrons. The van der Waals surface area contributed by atoms with Crippen molar-refractivity contribution in [1.82, 2.24) is 0 Å². The average Bonchev–Trinajstić information content (AvgIpc) is 2.97. The van der Waals surface area contributed by atoms with Crippen LogP contribution in [0.1, 0.15) is 0 Å². The van der Waals surface area contributed by atoms with Crippen LogP contribution in [0.15, 0.2) is 121 Å². The van der Waals surface area contributed by atoms with E-state index in [1.54, 1.807) is 0 Å². The minimum absolute atomic E-state index is 0.236. The van der Waals surface area contributed by atoms with Crippen LogP contribution in [0.25, 0.3) is 0 Å². The van der Waals surface area contributed by atoms with Crippen LogP contribution < -0.4 is 21.2 Å². The van der Waals surface area contributed by atoms with E-state index in [0.717, 1.165) is 21.2 Å². The third kappa shape index (κ3) is 9.77. The average molecular weight is 633 g/mol. The minimum Gasteiger partial charge on any atom is -0.264 e. The van der Waals surface area contributed by atoms with E-state index in [0.29, 0.717) is 0 Å². The van der Waals surface area contributed by atoms with Crippen molar-refractivity contribution in [3.05, 3.63) is 121 Å². The molecule has 4 aromatic rings. The lowest BCUT2D eigenvalue weighted by Gasteiger charge is -2.38. The van der Waals surface area contributed by atoms with E-state index in [4.69, 9.17) is 8.37 Å². The maximum absolute atomic E-state index is 11.9. The van der Waals surface area contributed by atoms with E-state index >= 15 is 0 Å². The van der Waals surface area contributed by atoms with Crippen LogP contribution in [0.3, 0.4) is 0 Å². The van der Waals surface area contributed by atoms with Crippen LogP contribution in [0.5, 0.6) is 0 Å². The highest BCUT2D eigenvalue weighted by Crippen LogP contribution is 2.48. The maximum Gasteiger partial charge on any atom is 0.397 e. The Balaban J connectivity index is 1.89. The Kier molecular flexibility index (Phi) is 10.8. The summed E-state index contributed by atoms with van der Waals surface area (Å²) in [5.41, 5.74) is -1.29. The predicted octanol–water partition coefficient (Wildman–Crippen LogP) is 3.88. The number of benzene rings is 4. The lowest BCUT2D eigenvalue weighted by molar-refractivity contribution is 0.108. The molecule has 0 aliphatic rings. The Bertz CT molecular complexity index is 1390. The third-order valence-corrected chi connectivity index (χ3v) is 12.8. The van der Waals surface area contributed by atoms with Gasteiger partial charge in [-0.1, -0.05) is 121 Å². The van der Waals surface area contributed by atoms with Crippen molar-refractivity contribution in [3.63, 3.8) is 0 Å². The maximum atomic E-state index is 11.9. The fraction of sp³-hybridized carbons (Fsp3) is 0.172. The zero-order chi connectivity index (χ0) is 29.3. The molecule has 0 spiro atoms. The molecule has 0 bridgehead atoms. The van der Waals surface area contributed by atoms with Gasteiger partial charge in [-0.15, -0.1) is 0 Å². The van der Waals surface area contributed by atoms with Crippen molar-refractivity contribution in [1.29, 1.82) is 0 Å². The van der Waals surface area contributed by atoms with E-state index in [1.165, 1.54) is 0 Å². The second kappa shape index (κ2) is 14.1. The van der Waals surface area contributed by atoms with E-state index in [-0.39, 0.29) is 12.3 Å². The standard InChI is InChI=1S/C29H30O8P2S2/c30-40(31,32)36-21-29(22-37-41(33,34)35,23-38(25-13-5-1-6-14-25)26-15-7-2-8-16-26)24-39(27-17-9-3-10-18-27)28-19-11-4-12-20-28/h1-20H,21-24H2,(H,30,31,32)(H,33,34,35). The first-order valence-corrected chi connectivity index (χ1v) is 18.3. The molecule has 2 N–H and O–H groups in total. The largest absolute Gasteiger partial charge is 0.397 e. The summed E-state index contributed by atoms with van der Waals surface area (Å²) in [6.07, 6.45) is 0.472. The van der Waals surface area contributed by atoms with Gasteiger partial charge in [-0.2, -0.15) is 16.8 Å². The summed E-state index contributed by atoms with van der Waals surface area (Å²) in [5, 5.41) is 3.89. The van der Waals surface area contributed by atoms with Crippen LogP contribution >= 0.6 is 15.8 Å².